The minimum absolute atomic E-state index is 0.0681. The number of hydrogen-bond acceptors (Lipinski definition) is 3. The number of carbonyl (C=O) groups is 1. The minimum atomic E-state index is -1.01. The van der Waals surface area contributed by atoms with Crippen LogP contribution in [0.25, 0.3) is 11.1 Å². The smallest absolute Gasteiger partial charge is 0.303 e. The molecule has 2 atom stereocenters. The monoisotopic (exact) mass is 540 g/mol. The third-order valence-corrected chi connectivity index (χ3v) is 8.04. The van der Waals surface area contributed by atoms with Gasteiger partial charge in [-0.25, -0.2) is 13.2 Å². The largest absolute Gasteiger partial charge is 0.497 e. The first-order valence-corrected chi connectivity index (χ1v) is 13.3. The number of rotatable bonds is 10. The Morgan fingerprint density at radius 3 is 2.49 bits per heavy atom. The van der Waals surface area contributed by atoms with Crippen molar-refractivity contribution in [2.75, 3.05) is 7.11 Å². The summed E-state index contributed by atoms with van der Waals surface area (Å²) >= 11 is 0. The zero-order valence-corrected chi connectivity index (χ0v) is 22.8. The number of aliphatic carboxylic acids is 1. The third kappa shape index (κ3) is 6.07. The predicted molar refractivity (Wildman–Crippen MR) is 145 cm³/mol. The highest BCUT2D eigenvalue weighted by Gasteiger charge is 2.37. The molecule has 1 aliphatic rings. The molecule has 0 heterocycles. The first-order valence-electron chi connectivity index (χ1n) is 13.3. The van der Waals surface area contributed by atoms with Gasteiger partial charge in [-0.1, -0.05) is 39.3 Å². The summed E-state index contributed by atoms with van der Waals surface area (Å²) in [4.78, 5) is 11.2. The van der Waals surface area contributed by atoms with E-state index in [1.165, 1.54) is 31.4 Å². The molecule has 3 aromatic rings. The fourth-order valence-electron chi connectivity index (χ4n) is 5.81. The van der Waals surface area contributed by atoms with E-state index in [9.17, 15) is 9.90 Å². The van der Waals surface area contributed by atoms with Gasteiger partial charge in [-0.2, -0.15) is 0 Å². The van der Waals surface area contributed by atoms with Crippen molar-refractivity contribution in [3.05, 3.63) is 82.7 Å². The normalized spacial score (nSPS) is 17.2. The maximum atomic E-state index is 15.5. The van der Waals surface area contributed by atoms with Gasteiger partial charge in [0.1, 0.15) is 24.0 Å². The highest BCUT2D eigenvalue weighted by atomic mass is 19.1. The topological polar surface area (TPSA) is 55.8 Å². The number of carboxylic acid groups (broad SMARTS) is 1. The second kappa shape index (κ2) is 11.7. The molecule has 7 heteroatoms. The summed E-state index contributed by atoms with van der Waals surface area (Å²) in [7, 11) is 1.50. The van der Waals surface area contributed by atoms with Gasteiger partial charge in [0.2, 0.25) is 0 Å². The maximum absolute atomic E-state index is 15.5. The van der Waals surface area contributed by atoms with Crippen molar-refractivity contribution in [1.82, 2.24) is 0 Å². The van der Waals surface area contributed by atoms with E-state index in [2.05, 4.69) is 13.8 Å². The number of benzene rings is 3. The van der Waals surface area contributed by atoms with E-state index in [-0.39, 0.29) is 46.8 Å². The van der Waals surface area contributed by atoms with E-state index in [0.717, 1.165) is 24.8 Å². The second-order valence-electron chi connectivity index (χ2n) is 11.0. The Bertz CT molecular complexity index is 1350. The third-order valence-electron chi connectivity index (χ3n) is 8.04. The van der Waals surface area contributed by atoms with Gasteiger partial charge in [-0.3, -0.25) is 4.79 Å². The molecule has 0 saturated heterocycles. The highest BCUT2D eigenvalue weighted by molar-refractivity contribution is 5.71. The number of methoxy groups -OCH3 is 1. The Labute approximate surface area is 227 Å². The van der Waals surface area contributed by atoms with Crippen LogP contribution in [0.1, 0.15) is 81.4 Å². The number of ether oxygens (including phenoxy) is 2. The van der Waals surface area contributed by atoms with E-state index in [4.69, 9.17) is 9.47 Å². The molecule has 1 fully saturated rings. The van der Waals surface area contributed by atoms with Crippen LogP contribution in [0.15, 0.2) is 48.5 Å². The molecule has 0 aliphatic heterocycles. The summed E-state index contributed by atoms with van der Waals surface area (Å²) in [5.41, 5.74) is 1.99. The van der Waals surface area contributed by atoms with Crippen LogP contribution in [-0.2, 0) is 11.4 Å². The van der Waals surface area contributed by atoms with E-state index in [1.807, 2.05) is 0 Å². The van der Waals surface area contributed by atoms with Crippen LogP contribution in [0.5, 0.6) is 11.5 Å². The number of hydrogen-bond donors (Lipinski definition) is 1. The fourth-order valence-corrected chi connectivity index (χ4v) is 5.81. The molecule has 0 radical (unpaired) electrons. The van der Waals surface area contributed by atoms with E-state index >= 15 is 13.2 Å². The van der Waals surface area contributed by atoms with Crippen molar-refractivity contribution < 1.29 is 32.5 Å². The molecule has 3 aromatic carbocycles. The van der Waals surface area contributed by atoms with Crippen LogP contribution in [0.4, 0.5) is 13.2 Å². The molecule has 208 valence electrons. The SMILES string of the molecule is CC[C@H](CC(=O)O)c1cccc(OCc2cc([C@H]3CCCC3(C)C)c(-c3cc(OC)ccc3F)cc2F)c1F. The van der Waals surface area contributed by atoms with E-state index in [1.54, 1.807) is 31.2 Å². The Kier molecular flexibility index (Phi) is 8.57. The maximum Gasteiger partial charge on any atom is 0.303 e. The molecule has 0 spiro atoms. The molecule has 0 bridgehead atoms. The zero-order valence-electron chi connectivity index (χ0n) is 22.8. The van der Waals surface area contributed by atoms with Crippen molar-refractivity contribution >= 4 is 5.97 Å². The number of carboxylic acids is 1. The molecule has 1 aliphatic carbocycles. The van der Waals surface area contributed by atoms with Crippen LogP contribution >= 0.6 is 0 Å². The first-order chi connectivity index (χ1) is 18.6. The van der Waals surface area contributed by atoms with Crippen LogP contribution in [0, 0.1) is 22.9 Å². The van der Waals surface area contributed by atoms with Gasteiger partial charge in [0.05, 0.1) is 13.5 Å². The highest BCUT2D eigenvalue weighted by Crippen LogP contribution is 2.51. The molecular weight excluding hydrogens is 505 g/mol. The lowest BCUT2D eigenvalue weighted by Gasteiger charge is -2.30. The molecule has 0 amide bonds. The summed E-state index contributed by atoms with van der Waals surface area (Å²) in [6, 6.07) is 12.1. The average molecular weight is 541 g/mol. The van der Waals surface area contributed by atoms with Gasteiger partial charge in [0.25, 0.3) is 0 Å². The summed E-state index contributed by atoms with van der Waals surface area (Å²) in [6.07, 6.45) is 3.14. The molecule has 0 unspecified atom stereocenters. The molecule has 0 aromatic heterocycles. The van der Waals surface area contributed by atoms with E-state index < -0.39 is 29.3 Å². The standard InChI is InChI=1S/C32H35F3O4/c1-5-19(15-30(36)37)22-8-6-10-29(31(22)35)39-18-20-14-24(26-9-7-13-32(26,2)3)23(17-28(20)34)25-16-21(38-4)11-12-27(25)33/h6,8,10-12,14,16-17,19,26H,5,7,9,13,15,18H2,1-4H3,(H,36,37)/t19-,26-/m1/s1. The molecule has 1 N–H and O–H groups in total. The number of halogens is 3. The molecular formula is C32H35F3O4. The van der Waals surface area contributed by atoms with Crippen molar-refractivity contribution in [3.63, 3.8) is 0 Å². The quantitative estimate of drug-likeness (QED) is 0.280. The van der Waals surface area contributed by atoms with Gasteiger partial charge >= 0.3 is 5.97 Å². The Morgan fingerprint density at radius 1 is 1.08 bits per heavy atom. The lowest BCUT2D eigenvalue weighted by atomic mass is 9.75. The lowest BCUT2D eigenvalue weighted by molar-refractivity contribution is -0.137. The molecule has 39 heavy (non-hydrogen) atoms. The summed E-state index contributed by atoms with van der Waals surface area (Å²) in [5, 5.41) is 9.20. The second-order valence-corrected chi connectivity index (χ2v) is 11.0. The van der Waals surface area contributed by atoms with Crippen molar-refractivity contribution in [2.45, 2.75) is 71.3 Å². The van der Waals surface area contributed by atoms with Crippen molar-refractivity contribution in [1.29, 1.82) is 0 Å². The van der Waals surface area contributed by atoms with Crippen molar-refractivity contribution in [2.24, 2.45) is 5.41 Å². The zero-order chi connectivity index (χ0) is 28.3. The van der Waals surface area contributed by atoms with Gasteiger partial charge in [-0.15, -0.1) is 0 Å². The van der Waals surface area contributed by atoms with E-state index in [0.29, 0.717) is 17.7 Å². The van der Waals surface area contributed by atoms with Gasteiger partial charge < -0.3 is 14.6 Å². The summed E-state index contributed by atoms with van der Waals surface area (Å²) in [6.45, 7) is 5.90. The van der Waals surface area contributed by atoms with Crippen molar-refractivity contribution in [3.8, 4) is 22.6 Å². The predicted octanol–water partition coefficient (Wildman–Crippen LogP) is 8.62. The van der Waals surface area contributed by atoms with Crippen LogP contribution in [-0.4, -0.2) is 18.2 Å². The van der Waals surface area contributed by atoms with Gasteiger partial charge in [0.15, 0.2) is 11.6 Å². The fraction of sp³-hybridized carbons (Fsp3) is 0.406. The van der Waals surface area contributed by atoms with Crippen LogP contribution < -0.4 is 9.47 Å². The minimum Gasteiger partial charge on any atom is -0.497 e. The lowest BCUT2D eigenvalue weighted by Crippen LogP contribution is -2.17. The Morgan fingerprint density at radius 2 is 1.85 bits per heavy atom. The summed E-state index contributed by atoms with van der Waals surface area (Å²) < 4.78 is 56.9. The molecule has 4 nitrogen and oxygen atoms in total. The van der Waals surface area contributed by atoms with Crippen LogP contribution in [0.2, 0.25) is 0 Å². The molecule has 4 rings (SSSR count). The van der Waals surface area contributed by atoms with Gasteiger partial charge in [0, 0.05) is 11.1 Å². The average Bonchev–Trinajstić information content (AvgIpc) is 3.26. The Hall–Kier alpha value is -3.48. The first kappa shape index (κ1) is 28.5. The van der Waals surface area contributed by atoms with Gasteiger partial charge in [-0.05, 0) is 89.6 Å². The van der Waals surface area contributed by atoms with Crippen LogP contribution in [0.3, 0.4) is 0 Å². The molecule has 1 saturated carbocycles. The Balaban J connectivity index is 1.72. The summed E-state index contributed by atoms with van der Waals surface area (Å²) in [5.74, 6) is -2.74.